The predicted molar refractivity (Wildman–Crippen MR) is 36.0 cm³/mol. The van der Waals surface area contributed by atoms with Crippen LogP contribution in [0.15, 0.2) is 12.0 Å². The van der Waals surface area contributed by atoms with Crippen LogP contribution in [0.1, 0.15) is 0 Å². The monoisotopic (exact) mass is 158 g/mol. The molecule has 2 aliphatic rings. The fraction of sp³-hybridized carbons (Fsp3) is 0.667. The standard InChI is InChI=1S/C6H10N2O3/c1-2-9-6(3-7-1)5-4-10-11-8-5/h4,6-8H,1-3H2. The minimum Gasteiger partial charge on any atom is -0.369 e. The Bertz CT molecular complexity index is 165. The van der Waals surface area contributed by atoms with E-state index in [0.717, 1.165) is 25.4 Å². The van der Waals surface area contributed by atoms with Crippen molar-refractivity contribution in [3.05, 3.63) is 12.0 Å². The highest BCUT2D eigenvalue weighted by atomic mass is 17.3. The van der Waals surface area contributed by atoms with Gasteiger partial charge in [0.2, 0.25) is 0 Å². The second kappa shape index (κ2) is 3.08. The summed E-state index contributed by atoms with van der Waals surface area (Å²) in [5, 5.41) is 3.19. The smallest absolute Gasteiger partial charge is 0.156 e. The van der Waals surface area contributed by atoms with Gasteiger partial charge in [-0.25, -0.2) is 5.48 Å². The van der Waals surface area contributed by atoms with Crippen LogP contribution in [-0.2, 0) is 14.6 Å². The minimum absolute atomic E-state index is 0.0336. The molecule has 62 valence electrons. The number of morpholine rings is 1. The van der Waals surface area contributed by atoms with Crippen molar-refractivity contribution < 1.29 is 14.6 Å². The van der Waals surface area contributed by atoms with Gasteiger partial charge in [-0.2, -0.15) is 0 Å². The van der Waals surface area contributed by atoms with E-state index in [2.05, 4.69) is 20.7 Å². The highest BCUT2D eigenvalue weighted by Gasteiger charge is 2.21. The Morgan fingerprint density at radius 1 is 1.55 bits per heavy atom. The van der Waals surface area contributed by atoms with Crippen molar-refractivity contribution in [2.75, 3.05) is 19.7 Å². The maximum Gasteiger partial charge on any atom is 0.156 e. The molecule has 0 radical (unpaired) electrons. The van der Waals surface area contributed by atoms with Gasteiger partial charge < -0.3 is 14.9 Å². The number of hydrogen-bond donors (Lipinski definition) is 2. The molecule has 1 atom stereocenters. The van der Waals surface area contributed by atoms with Crippen LogP contribution in [0.5, 0.6) is 0 Å². The van der Waals surface area contributed by atoms with E-state index >= 15 is 0 Å². The Morgan fingerprint density at radius 2 is 2.55 bits per heavy atom. The highest BCUT2D eigenvalue weighted by molar-refractivity contribution is 5.04. The predicted octanol–water partition coefficient (Wildman–Crippen LogP) is -0.717. The normalized spacial score (nSPS) is 30.5. The number of hydrogen-bond acceptors (Lipinski definition) is 5. The van der Waals surface area contributed by atoms with E-state index in [0.29, 0.717) is 0 Å². The third-order valence-electron chi connectivity index (χ3n) is 1.66. The highest BCUT2D eigenvalue weighted by Crippen LogP contribution is 2.09. The SMILES string of the molecule is C1=C(C2CNCCO2)NOO1. The summed E-state index contributed by atoms with van der Waals surface area (Å²) in [7, 11) is 0. The van der Waals surface area contributed by atoms with Crippen molar-refractivity contribution in [2.45, 2.75) is 6.10 Å². The van der Waals surface area contributed by atoms with Crippen LogP contribution in [0.25, 0.3) is 0 Å². The fourth-order valence-electron chi connectivity index (χ4n) is 1.08. The van der Waals surface area contributed by atoms with E-state index in [4.69, 9.17) is 4.74 Å². The zero-order valence-electron chi connectivity index (χ0n) is 6.00. The van der Waals surface area contributed by atoms with Crippen molar-refractivity contribution in [3.63, 3.8) is 0 Å². The van der Waals surface area contributed by atoms with Crippen LogP contribution < -0.4 is 10.8 Å². The lowest BCUT2D eigenvalue weighted by Crippen LogP contribution is -2.41. The van der Waals surface area contributed by atoms with Gasteiger partial charge >= 0.3 is 0 Å². The average Bonchev–Trinajstić information content (AvgIpc) is 2.58. The Balaban J connectivity index is 1.92. The first kappa shape index (κ1) is 6.90. The number of nitrogens with one attached hydrogen (secondary N) is 2. The molecule has 1 saturated heterocycles. The molecule has 2 aliphatic heterocycles. The molecule has 11 heavy (non-hydrogen) atoms. The number of ether oxygens (including phenoxy) is 1. The van der Waals surface area contributed by atoms with E-state index in [1.54, 1.807) is 0 Å². The van der Waals surface area contributed by atoms with Crippen LogP contribution in [0.4, 0.5) is 0 Å². The molecular weight excluding hydrogens is 148 g/mol. The van der Waals surface area contributed by atoms with E-state index in [9.17, 15) is 0 Å². The maximum absolute atomic E-state index is 5.41. The van der Waals surface area contributed by atoms with Crippen LogP contribution >= 0.6 is 0 Å². The van der Waals surface area contributed by atoms with Crippen LogP contribution in [-0.4, -0.2) is 25.8 Å². The molecule has 1 unspecified atom stereocenters. The molecule has 2 N–H and O–H groups in total. The van der Waals surface area contributed by atoms with E-state index < -0.39 is 0 Å². The second-order valence-corrected chi connectivity index (χ2v) is 2.42. The van der Waals surface area contributed by atoms with Gasteiger partial charge in [0, 0.05) is 13.1 Å². The van der Waals surface area contributed by atoms with E-state index in [-0.39, 0.29) is 6.10 Å². The third kappa shape index (κ3) is 1.45. The lowest BCUT2D eigenvalue weighted by molar-refractivity contribution is -0.266. The topological polar surface area (TPSA) is 51.8 Å². The molecule has 5 heteroatoms. The van der Waals surface area contributed by atoms with Gasteiger partial charge in [0.05, 0.1) is 6.61 Å². The Labute approximate surface area is 64.2 Å². The van der Waals surface area contributed by atoms with Crippen molar-refractivity contribution in [3.8, 4) is 0 Å². The van der Waals surface area contributed by atoms with Crippen molar-refractivity contribution in [2.24, 2.45) is 0 Å². The van der Waals surface area contributed by atoms with Crippen LogP contribution in [0.2, 0.25) is 0 Å². The van der Waals surface area contributed by atoms with Crippen molar-refractivity contribution >= 4 is 0 Å². The van der Waals surface area contributed by atoms with E-state index in [1.165, 1.54) is 6.26 Å². The molecule has 5 nitrogen and oxygen atoms in total. The summed E-state index contributed by atoms with van der Waals surface area (Å²) in [5.41, 5.74) is 3.43. The van der Waals surface area contributed by atoms with Crippen LogP contribution in [0, 0.1) is 0 Å². The van der Waals surface area contributed by atoms with Crippen molar-refractivity contribution in [1.82, 2.24) is 10.8 Å². The molecule has 0 saturated carbocycles. The summed E-state index contributed by atoms with van der Waals surface area (Å²) in [6, 6.07) is 0. The summed E-state index contributed by atoms with van der Waals surface area (Å²) < 4.78 is 5.41. The summed E-state index contributed by atoms with van der Waals surface area (Å²) in [6.07, 6.45) is 1.55. The lowest BCUT2D eigenvalue weighted by atomic mass is 10.2. The summed E-state index contributed by atoms with van der Waals surface area (Å²) in [5.74, 6) is 0. The molecule has 0 aliphatic carbocycles. The molecule has 0 aromatic heterocycles. The van der Waals surface area contributed by atoms with Gasteiger partial charge in [0.15, 0.2) is 6.26 Å². The van der Waals surface area contributed by atoms with Gasteiger partial charge in [-0.3, -0.25) is 0 Å². The average molecular weight is 158 g/mol. The van der Waals surface area contributed by atoms with Gasteiger partial charge in [-0.15, -0.1) is 0 Å². The first-order chi connectivity index (χ1) is 5.47. The summed E-state index contributed by atoms with van der Waals surface area (Å²) in [4.78, 5) is 8.99. The first-order valence-corrected chi connectivity index (χ1v) is 3.57. The maximum atomic E-state index is 5.41. The molecule has 0 amide bonds. The molecular formula is C6H10N2O3. The number of hydroxylamine groups is 1. The molecule has 0 spiro atoms. The van der Waals surface area contributed by atoms with Crippen molar-refractivity contribution in [1.29, 1.82) is 0 Å². The first-order valence-electron chi connectivity index (χ1n) is 3.57. The lowest BCUT2D eigenvalue weighted by Gasteiger charge is -2.22. The quantitative estimate of drug-likeness (QED) is 0.493. The number of rotatable bonds is 1. The zero-order chi connectivity index (χ0) is 7.52. The Morgan fingerprint density at radius 3 is 3.18 bits per heavy atom. The van der Waals surface area contributed by atoms with Gasteiger partial charge in [0.1, 0.15) is 11.8 Å². The third-order valence-corrected chi connectivity index (χ3v) is 1.66. The van der Waals surface area contributed by atoms with Gasteiger partial charge in [-0.05, 0) is 0 Å². The zero-order valence-corrected chi connectivity index (χ0v) is 6.00. The van der Waals surface area contributed by atoms with Crippen LogP contribution in [0.3, 0.4) is 0 Å². The molecule has 1 fully saturated rings. The largest absolute Gasteiger partial charge is 0.369 e. The molecule has 2 heterocycles. The van der Waals surface area contributed by atoms with E-state index in [1.807, 2.05) is 0 Å². The molecule has 0 bridgehead atoms. The van der Waals surface area contributed by atoms with Gasteiger partial charge in [-0.1, -0.05) is 4.99 Å². The molecule has 2 rings (SSSR count). The molecule has 0 aromatic rings. The Hall–Kier alpha value is -0.780. The minimum atomic E-state index is 0.0336. The summed E-state index contributed by atoms with van der Waals surface area (Å²) in [6.45, 7) is 2.43. The fourth-order valence-corrected chi connectivity index (χ4v) is 1.08. The Kier molecular flexibility index (Phi) is 1.93. The summed E-state index contributed by atoms with van der Waals surface area (Å²) >= 11 is 0. The molecule has 0 aromatic carbocycles. The van der Waals surface area contributed by atoms with Gasteiger partial charge in [0.25, 0.3) is 0 Å². The second-order valence-electron chi connectivity index (χ2n) is 2.42.